The van der Waals surface area contributed by atoms with Crippen LogP contribution in [0.1, 0.15) is 40.0 Å². The molecule has 4 nitrogen and oxygen atoms in total. The van der Waals surface area contributed by atoms with E-state index in [1.54, 1.807) is 6.92 Å². The third-order valence-corrected chi connectivity index (χ3v) is 3.07. The van der Waals surface area contributed by atoms with Gasteiger partial charge < -0.3 is 9.64 Å². The molecule has 1 heterocycles. The summed E-state index contributed by atoms with van der Waals surface area (Å²) in [5, 5.41) is 0. The maximum absolute atomic E-state index is 11.9. The highest BCUT2D eigenvalue weighted by Gasteiger charge is 2.25. The summed E-state index contributed by atoms with van der Waals surface area (Å²) in [7, 11) is 0. The molecule has 2 atom stereocenters. The molecule has 4 heteroatoms. The highest BCUT2D eigenvalue weighted by molar-refractivity contribution is 5.81. The smallest absolute Gasteiger partial charge is 0.306 e. The number of esters is 1. The number of carbonyl (C=O) groups excluding carboxylic acids is 2. The Balaban J connectivity index is 2.34. The number of rotatable bonds is 4. The van der Waals surface area contributed by atoms with Crippen LogP contribution in [0.3, 0.4) is 0 Å². The average molecular weight is 241 g/mol. The van der Waals surface area contributed by atoms with Crippen molar-refractivity contribution in [2.24, 2.45) is 11.8 Å². The number of amides is 1. The molecule has 1 aliphatic heterocycles. The standard InChI is InChI=1S/C13H23NO3/c1-4-17-13(16)6-5-12(15)14-8-10(2)7-11(3)9-14/h10-11H,4-9H2,1-3H3/t10-,11+. The molecule has 0 radical (unpaired) electrons. The molecule has 1 aliphatic rings. The summed E-state index contributed by atoms with van der Waals surface area (Å²) in [6, 6.07) is 0. The van der Waals surface area contributed by atoms with Gasteiger partial charge in [-0.1, -0.05) is 13.8 Å². The Bertz CT molecular complexity index is 268. The normalized spacial score (nSPS) is 24.5. The Morgan fingerprint density at radius 3 is 2.29 bits per heavy atom. The third-order valence-electron chi connectivity index (χ3n) is 3.07. The first-order chi connectivity index (χ1) is 8.02. The van der Waals surface area contributed by atoms with Crippen molar-refractivity contribution in [1.82, 2.24) is 4.90 Å². The first kappa shape index (κ1) is 14.0. The highest BCUT2D eigenvalue weighted by atomic mass is 16.5. The van der Waals surface area contributed by atoms with Gasteiger partial charge in [0.15, 0.2) is 0 Å². The van der Waals surface area contributed by atoms with E-state index in [1.807, 2.05) is 4.90 Å². The van der Waals surface area contributed by atoms with Crippen LogP contribution in [-0.2, 0) is 14.3 Å². The van der Waals surface area contributed by atoms with Gasteiger partial charge in [-0.05, 0) is 25.2 Å². The maximum Gasteiger partial charge on any atom is 0.306 e. The van der Waals surface area contributed by atoms with E-state index in [0.717, 1.165) is 13.1 Å². The Kier molecular flexibility index (Phi) is 5.45. The van der Waals surface area contributed by atoms with Gasteiger partial charge in [0.05, 0.1) is 13.0 Å². The average Bonchev–Trinajstić information content (AvgIpc) is 2.25. The summed E-state index contributed by atoms with van der Waals surface area (Å²) in [6.07, 6.45) is 1.66. The van der Waals surface area contributed by atoms with Crippen molar-refractivity contribution in [3.8, 4) is 0 Å². The monoisotopic (exact) mass is 241 g/mol. The summed E-state index contributed by atoms with van der Waals surface area (Å²) in [5.41, 5.74) is 0. The molecule has 0 N–H and O–H groups in total. The Labute approximate surface area is 103 Å². The zero-order valence-electron chi connectivity index (χ0n) is 11.1. The topological polar surface area (TPSA) is 46.6 Å². The maximum atomic E-state index is 11.9. The van der Waals surface area contributed by atoms with Crippen LogP contribution in [0.15, 0.2) is 0 Å². The predicted molar refractivity (Wildman–Crippen MR) is 65.4 cm³/mol. The summed E-state index contributed by atoms with van der Waals surface area (Å²) in [6.45, 7) is 8.14. The van der Waals surface area contributed by atoms with E-state index in [4.69, 9.17) is 4.74 Å². The van der Waals surface area contributed by atoms with Crippen LogP contribution in [0, 0.1) is 11.8 Å². The van der Waals surface area contributed by atoms with Crippen molar-refractivity contribution in [1.29, 1.82) is 0 Å². The van der Waals surface area contributed by atoms with E-state index in [2.05, 4.69) is 13.8 Å². The molecule has 0 unspecified atom stereocenters. The molecule has 0 aliphatic carbocycles. The van der Waals surface area contributed by atoms with Crippen LogP contribution in [0.5, 0.6) is 0 Å². The number of hydrogen-bond acceptors (Lipinski definition) is 3. The lowest BCUT2D eigenvalue weighted by atomic mass is 9.91. The molecule has 0 bridgehead atoms. The van der Waals surface area contributed by atoms with E-state index in [0.29, 0.717) is 18.4 Å². The van der Waals surface area contributed by atoms with Crippen LogP contribution in [0.2, 0.25) is 0 Å². The van der Waals surface area contributed by atoms with E-state index >= 15 is 0 Å². The van der Waals surface area contributed by atoms with Crippen LogP contribution in [0.25, 0.3) is 0 Å². The first-order valence-electron chi connectivity index (χ1n) is 6.46. The van der Waals surface area contributed by atoms with Crippen molar-refractivity contribution >= 4 is 11.9 Å². The second-order valence-corrected chi connectivity index (χ2v) is 5.05. The van der Waals surface area contributed by atoms with Gasteiger partial charge in [-0.2, -0.15) is 0 Å². The molecule has 1 saturated heterocycles. The highest BCUT2D eigenvalue weighted by Crippen LogP contribution is 2.21. The van der Waals surface area contributed by atoms with E-state index < -0.39 is 0 Å². The van der Waals surface area contributed by atoms with Gasteiger partial charge in [0.25, 0.3) is 0 Å². The summed E-state index contributed by atoms with van der Waals surface area (Å²) in [5.74, 6) is 0.922. The number of nitrogens with zero attached hydrogens (tertiary/aromatic N) is 1. The lowest BCUT2D eigenvalue weighted by Gasteiger charge is -2.35. The van der Waals surface area contributed by atoms with Crippen LogP contribution >= 0.6 is 0 Å². The van der Waals surface area contributed by atoms with Gasteiger partial charge in [-0.15, -0.1) is 0 Å². The molecule has 0 saturated carbocycles. The van der Waals surface area contributed by atoms with Crippen molar-refractivity contribution in [3.63, 3.8) is 0 Å². The quantitative estimate of drug-likeness (QED) is 0.705. The fourth-order valence-corrected chi connectivity index (χ4v) is 2.47. The molecule has 1 fully saturated rings. The number of piperidine rings is 1. The van der Waals surface area contributed by atoms with Crippen LogP contribution in [-0.4, -0.2) is 36.5 Å². The first-order valence-corrected chi connectivity index (χ1v) is 6.46. The molecule has 0 aromatic heterocycles. The van der Waals surface area contributed by atoms with Crippen molar-refractivity contribution in [2.75, 3.05) is 19.7 Å². The van der Waals surface area contributed by atoms with Crippen molar-refractivity contribution < 1.29 is 14.3 Å². The fraction of sp³-hybridized carbons (Fsp3) is 0.846. The molecule has 98 valence electrons. The molecular formula is C13H23NO3. The minimum absolute atomic E-state index is 0.0800. The lowest BCUT2D eigenvalue weighted by Crippen LogP contribution is -2.42. The van der Waals surface area contributed by atoms with Crippen LogP contribution in [0.4, 0.5) is 0 Å². The molecule has 1 rings (SSSR count). The Morgan fingerprint density at radius 2 is 1.76 bits per heavy atom. The minimum atomic E-state index is -0.279. The third kappa shape index (κ3) is 4.75. The van der Waals surface area contributed by atoms with Crippen molar-refractivity contribution in [2.45, 2.75) is 40.0 Å². The lowest BCUT2D eigenvalue weighted by molar-refractivity contribution is -0.146. The predicted octanol–water partition coefficient (Wildman–Crippen LogP) is 1.83. The molecule has 17 heavy (non-hydrogen) atoms. The number of carbonyl (C=O) groups is 2. The zero-order valence-corrected chi connectivity index (χ0v) is 11.1. The molecule has 0 aromatic carbocycles. The number of ether oxygens (including phenoxy) is 1. The molecular weight excluding hydrogens is 218 g/mol. The Morgan fingerprint density at radius 1 is 1.18 bits per heavy atom. The molecule has 0 aromatic rings. The SMILES string of the molecule is CCOC(=O)CCC(=O)N1C[C@H](C)C[C@H](C)C1. The van der Waals surface area contributed by atoms with E-state index in [1.165, 1.54) is 6.42 Å². The van der Waals surface area contributed by atoms with Gasteiger partial charge in [0, 0.05) is 19.5 Å². The van der Waals surface area contributed by atoms with Gasteiger partial charge in [-0.25, -0.2) is 0 Å². The van der Waals surface area contributed by atoms with Gasteiger partial charge >= 0.3 is 5.97 Å². The number of hydrogen-bond donors (Lipinski definition) is 0. The largest absolute Gasteiger partial charge is 0.466 e. The fourth-order valence-electron chi connectivity index (χ4n) is 2.47. The summed E-state index contributed by atoms with van der Waals surface area (Å²) >= 11 is 0. The van der Waals surface area contributed by atoms with Gasteiger partial charge in [0.1, 0.15) is 0 Å². The Hall–Kier alpha value is -1.06. The molecule has 0 spiro atoms. The summed E-state index contributed by atoms with van der Waals surface area (Å²) in [4.78, 5) is 25.0. The van der Waals surface area contributed by atoms with Crippen LogP contribution < -0.4 is 0 Å². The number of likely N-dealkylation sites (tertiary alicyclic amines) is 1. The summed E-state index contributed by atoms with van der Waals surface area (Å²) < 4.78 is 4.81. The van der Waals surface area contributed by atoms with Gasteiger partial charge in [0.2, 0.25) is 5.91 Å². The zero-order chi connectivity index (χ0) is 12.8. The van der Waals surface area contributed by atoms with Gasteiger partial charge in [-0.3, -0.25) is 9.59 Å². The van der Waals surface area contributed by atoms with E-state index in [-0.39, 0.29) is 24.7 Å². The van der Waals surface area contributed by atoms with Crippen molar-refractivity contribution in [3.05, 3.63) is 0 Å². The minimum Gasteiger partial charge on any atom is -0.466 e. The molecule has 1 amide bonds. The second-order valence-electron chi connectivity index (χ2n) is 5.05. The second kappa shape index (κ2) is 6.62. The van der Waals surface area contributed by atoms with E-state index in [9.17, 15) is 9.59 Å².